The van der Waals surface area contributed by atoms with Crippen molar-refractivity contribution < 1.29 is 9.47 Å². The third-order valence-electron chi connectivity index (χ3n) is 4.31. The van der Waals surface area contributed by atoms with Gasteiger partial charge in [0.05, 0.1) is 7.11 Å². The van der Waals surface area contributed by atoms with Crippen molar-refractivity contribution in [2.45, 2.75) is 45.9 Å². The summed E-state index contributed by atoms with van der Waals surface area (Å²) in [6.45, 7) is 7.57. The highest BCUT2D eigenvalue weighted by atomic mass is 35.5. The van der Waals surface area contributed by atoms with E-state index in [4.69, 9.17) is 32.7 Å². The number of ether oxygens (including phenoxy) is 2. The zero-order chi connectivity index (χ0) is 18.4. The van der Waals surface area contributed by atoms with Gasteiger partial charge in [-0.2, -0.15) is 0 Å². The summed E-state index contributed by atoms with van der Waals surface area (Å²) in [5, 5.41) is 4.76. The SMILES string of the molecule is CCC(C)(C)NCc1cccc(OC)c1OCc1ccc(Cl)cc1Cl.Cl. The third kappa shape index (κ3) is 6.24. The summed E-state index contributed by atoms with van der Waals surface area (Å²) in [4.78, 5) is 0. The fourth-order valence-electron chi connectivity index (χ4n) is 2.27. The van der Waals surface area contributed by atoms with Crippen LogP contribution in [-0.4, -0.2) is 12.6 Å². The van der Waals surface area contributed by atoms with E-state index in [2.05, 4.69) is 26.1 Å². The first-order valence-electron chi connectivity index (χ1n) is 8.34. The number of nitrogens with one attached hydrogen (secondary N) is 1. The van der Waals surface area contributed by atoms with Gasteiger partial charge in [-0.3, -0.25) is 0 Å². The fourth-order valence-corrected chi connectivity index (χ4v) is 2.74. The van der Waals surface area contributed by atoms with E-state index in [1.54, 1.807) is 19.2 Å². The maximum absolute atomic E-state index is 6.24. The highest BCUT2D eigenvalue weighted by Gasteiger charge is 2.17. The molecule has 2 rings (SSSR count). The van der Waals surface area contributed by atoms with Crippen LogP contribution in [0.2, 0.25) is 10.0 Å². The first kappa shape index (κ1) is 22.9. The highest BCUT2D eigenvalue weighted by Crippen LogP contribution is 2.33. The lowest BCUT2D eigenvalue weighted by molar-refractivity contribution is 0.278. The van der Waals surface area contributed by atoms with Crippen molar-refractivity contribution in [3.8, 4) is 11.5 Å². The van der Waals surface area contributed by atoms with Gasteiger partial charge in [0, 0.05) is 33.3 Å². The second-order valence-electron chi connectivity index (χ2n) is 6.56. The summed E-state index contributed by atoms with van der Waals surface area (Å²) >= 11 is 12.2. The minimum Gasteiger partial charge on any atom is -0.493 e. The Kier molecular flexibility index (Phi) is 9.05. The maximum atomic E-state index is 6.24. The van der Waals surface area contributed by atoms with Crippen LogP contribution in [0.1, 0.15) is 38.3 Å². The Hall–Kier alpha value is -1.13. The van der Waals surface area contributed by atoms with Gasteiger partial charge in [0.25, 0.3) is 0 Å². The van der Waals surface area contributed by atoms with Crippen LogP contribution in [0.5, 0.6) is 11.5 Å². The van der Waals surface area contributed by atoms with Crippen molar-refractivity contribution in [1.29, 1.82) is 0 Å². The molecule has 2 aromatic carbocycles. The monoisotopic (exact) mass is 417 g/mol. The molecule has 3 nitrogen and oxygen atoms in total. The number of hydrogen-bond acceptors (Lipinski definition) is 3. The average Bonchev–Trinajstić information content (AvgIpc) is 2.59. The Bertz CT molecular complexity index is 720. The van der Waals surface area contributed by atoms with Gasteiger partial charge in [0.2, 0.25) is 0 Å². The molecule has 0 aliphatic heterocycles. The van der Waals surface area contributed by atoms with E-state index in [-0.39, 0.29) is 17.9 Å². The summed E-state index contributed by atoms with van der Waals surface area (Å²) in [6.07, 6.45) is 1.04. The van der Waals surface area contributed by atoms with Gasteiger partial charge in [-0.15, -0.1) is 12.4 Å². The lowest BCUT2D eigenvalue weighted by atomic mass is 10.0. The van der Waals surface area contributed by atoms with E-state index in [0.29, 0.717) is 28.9 Å². The number of halogens is 3. The molecule has 0 aromatic heterocycles. The van der Waals surface area contributed by atoms with Crippen LogP contribution in [0.4, 0.5) is 0 Å². The topological polar surface area (TPSA) is 30.5 Å². The molecule has 0 aliphatic rings. The van der Waals surface area contributed by atoms with Crippen molar-refractivity contribution in [3.05, 3.63) is 57.6 Å². The number of hydrogen-bond donors (Lipinski definition) is 1. The molecule has 0 amide bonds. The smallest absolute Gasteiger partial charge is 0.166 e. The molecule has 26 heavy (non-hydrogen) atoms. The second kappa shape index (κ2) is 10.3. The normalized spacial score (nSPS) is 11.0. The maximum Gasteiger partial charge on any atom is 0.166 e. The molecule has 0 saturated carbocycles. The van der Waals surface area contributed by atoms with Crippen LogP contribution < -0.4 is 14.8 Å². The molecule has 0 radical (unpaired) electrons. The molecule has 0 unspecified atom stereocenters. The van der Waals surface area contributed by atoms with Crippen LogP contribution in [0.3, 0.4) is 0 Å². The van der Waals surface area contributed by atoms with Crippen molar-refractivity contribution in [2.75, 3.05) is 7.11 Å². The number of rotatable bonds is 8. The lowest BCUT2D eigenvalue weighted by Gasteiger charge is -2.25. The first-order chi connectivity index (χ1) is 11.9. The van der Waals surface area contributed by atoms with E-state index < -0.39 is 0 Å². The Morgan fingerprint density at radius 2 is 1.81 bits per heavy atom. The lowest BCUT2D eigenvalue weighted by Crippen LogP contribution is -2.37. The van der Waals surface area contributed by atoms with Gasteiger partial charge >= 0.3 is 0 Å². The molecular formula is C20H26Cl3NO2. The van der Waals surface area contributed by atoms with Gasteiger partial charge in [0.1, 0.15) is 6.61 Å². The van der Waals surface area contributed by atoms with Gasteiger partial charge < -0.3 is 14.8 Å². The van der Waals surface area contributed by atoms with Crippen LogP contribution in [0.15, 0.2) is 36.4 Å². The molecule has 0 saturated heterocycles. The molecule has 0 bridgehead atoms. The fraction of sp³-hybridized carbons (Fsp3) is 0.400. The highest BCUT2D eigenvalue weighted by molar-refractivity contribution is 6.35. The Morgan fingerprint density at radius 3 is 2.42 bits per heavy atom. The minimum absolute atomic E-state index is 0. The predicted octanol–water partition coefficient (Wildman–Crippen LogP) is 6.28. The molecule has 0 spiro atoms. The van der Waals surface area contributed by atoms with E-state index in [0.717, 1.165) is 23.3 Å². The Labute approximate surface area is 172 Å². The molecular weight excluding hydrogens is 393 g/mol. The Balaban J connectivity index is 0.00000338. The van der Waals surface area contributed by atoms with Crippen molar-refractivity contribution in [3.63, 3.8) is 0 Å². The summed E-state index contributed by atoms with van der Waals surface area (Å²) in [5.74, 6) is 1.44. The average molecular weight is 419 g/mol. The molecule has 1 N–H and O–H groups in total. The predicted molar refractivity (Wildman–Crippen MR) is 112 cm³/mol. The molecule has 0 atom stereocenters. The van der Waals surface area contributed by atoms with Gasteiger partial charge in [-0.1, -0.05) is 48.3 Å². The standard InChI is InChI=1S/C20H25Cl2NO2.ClH/c1-5-20(2,3)23-12-14-7-6-8-18(24-4)19(14)25-13-15-9-10-16(21)11-17(15)22;/h6-11,23H,5,12-13H2,1-4H3;1H. The van der Waals surface area contributed by atoms with Crippen LogP contribution >= 0.6 is 35.6 Å². The summed E-state index contributed by atoms with van der Waals surface area (Å²) < 4.78 is 11.5. The van der Waals surface area contributed by atoms with Crippen molar-refractivity contribution in [2.24, 2.45) is 0 Å². The molecule has 0 fully saturated rings. The van der Waals surface area contributed by atoms with Crippen molar-refractivity contribution >= 4 is 35.6 Å². The number of para-hydroxylation sites is 1. The zero-order valence-electron chi connectivity index (χ0n) is 15.6. The van der Waals surface area contributed by atoms with Crippen LogP contribution in [-0.2, 0) is 13.2 Å². The van der Waals surface area contributed by atoms with Crippen molar-refractivity contribution in [1.82, 2.24) is 5.32 Å². The third-order valence-corrected chi connectivity index (χ3v) is 4.90. The molecule has 144 valence electrons. The van der Waals surface area contributed by atoms with E-state index in [1.807, 2.05) is 24.3 Å². The second-order valence-corrected chi connectivity index (χ2v) is 7.41. The van der Waals surface area contributed by atoms with E-state index in [1.165, 1.54) is 0 Å². The Morgan fingerprint density at radius 1 is 1.08 bits per heavy atom. The van der Waals surface area contributed by atoms with Crippen LogP contribution in [0, 0.1) is 0 Å². The van der Waals surface area contributed by atoms with Gasteiger partial charge in [-0.25, -0.2) is 0 Å². The molecule has 6 heteroatoms. The van der Waals surface area contributed by atoms with Gasteiger partial charge in [0.15, 0.2) is 11.5 Å². The first-order valence-corrected chi connectivity index (χ1v) is 9.09. The summed E-state index contributed by atoms with van der Waals surface area (Å²) in [6, 6.07) is 11.3. The van der Waals surface area contributed by atoms with E-state index >= 15 is 0 Å². The summed E-state index contributed by atoms with van der Waals surface area (Å²) in [7, 11) is 1.64. The number of benzene rings is 2. The molecule has 0 heterocycles. The van der Waals surface area contributed by atoms with E-state index in [9.17, 15) is 0 Å². The quantitative estimate of drug-likeness (QED) is 0.547. The molecule has 0 aliphatic carbocycles. The van der Waals surface area contributed by atoms with Crippen LogP contribution in [0.25, 0.3) is 0 Å². The minimum atomic E-state index is 0. The largest absolute Gasteiger partial charge is 0.493 e. The zero-order valence-corrected chi connectivity index (χ0v) is 17.9. The molecule has 2 aromatic rings. The summed E-state index contributed by atoms with van der Waals surface area (Å²) in [5.41, 5.74) is 1.98. The van der Waals surface area contributed by atoms with Gasteiger partial charge in [-0.05, 0) is 38.5 Å². The number of methoxy groups -OCH3 is 1.